The van der Waals surface area contributed by atoms with Gasteiger partial charge in [0.1, 0.15) is 5.82 Å². The number of esters is 2. The summed E-state index contributed by atoms with van der Waals surface area (Å²) in [7, 11) is 1.19. The largest absolute Gasteiger partial charge is 0.465 e. The first kappa shape index (κ1) is 15.1. The Balaban J connectivity index is 2.54. The highest BCUT2D eigenvalue weighted by molar-refractivity contribution is 5.89. The van der Waals surface area contributed by atoms with Gasteiger partial charge in [-0.1, -0.05) is 6.07 Å². The summed E-state index contributed by atoms with van der Waals surface area (Å²) in [6.07, 6.45) is 0. The summed E-state index contributed by atoms with van der Waals surface area (Å²) in [5.74, 6) is -1.74. The van der Waals surface area contributed by atoms with Crippen molar-refractivity contribution in [3.8, 4) is 0 Å². The van der Waals surface area contributed by atoms with Crippen molar-refractivity contribution in [2.45, 2.75) is 13.5 Å². The fraction of sp³-hybridized carbons (Fsp3) is 0.385. The van der Waals surface area contributed by atoms with Crippen molar-refractivity contribution in [3.05, 3.63) is 35.1 Å². The van der Waals surface area contributed by atoms with E-state index in [0.29, 0.717) is 18.7 Å². The summed E-state index contributed by atoms with van der Waals surface area (Å²) in [5.41, 5.74) is 0.506. The summed E-state index contributed by atoms with van der Waals surface area (Å²) in [6.45, 7) is 2.40. The quantitative estimate of drug-likeness (QED) is 0.788. The minimum absolute atomic E-state index is 0.0498. The maximum Gasteiger partial charge on any atom is 0.340 e. The van der Waals surface area contributed by atoms with E-state index in [1.807, 2.05) is 0 Å². The molecule has 0 spiro atoms. The van der Waals surface area contributed by atoms with Crippen LogP contribution in [0.4, 0.5) is 4.39 Å². The van der Waals surface area contributed by atoms with Crippen molar-refractivity contribution in [3.63, 3.8) is 0 Å². The summed E-state index contributed by atoms with van der Waals surface area (Å²) in [4.78, 5) is 22.2. The van der Waals surface area contributed by atoms with Crippen molar-refractivity contribution in [1.29, 1.82) is 0 Å². The van der Waals surface area contributed by atoms with E-state index < -0.39 is 11.8 Å². The lowest BCUT2D eigenvalue weighted by molar-refractivity contribution is -0.142. The van der Waals surface area contributed by atoms with Crippen LogP contribution < -0.4 is 5.32 Å². The van der Waals surface area contributed by atoms with E-state index in [1.54, 1.807) is 13.0 Å². The Labute approximate surface area is 110 Å². The molecule has 1 aromatic carbocycles. The third-order valence-electron chi connectivity index (χ3n) is 2.34. The molecule has 5 nitrogen and oxygen atoms in total. The lowest BCUT2D eigenvalue weighted by atomic mass is 10.1. The maximum absolute atomic E-state index is 13.6. The number of hydrogen-bond acceptors (Lipinski definition) is 5. The predicted molar refractivity (Wildman–Crippen MR) is 66.1 cm³/mol. The van der Waals surface area contributed by atoms with Crippen molar-refractivity contribution < 1.29 is 23.5 Å². The molecular weight excluding hydrogens is 253 g/mol. The van der Waals surface area contributed by atoms with Crippen LogP contribution in [0.1, 0.15) is 22.8 Å². The highest BCUT2D eigenvalue weighted by Gasteiger charge is 2.12. The molecule has 0 aliphatic heterocycles. The smallest absolute Gasteiger partial charge is 0.340 e. The van der Waals surface area contributed by atoms with Gasteiger partial charge in [0.2, 0.25) is 0 Å². The van der Waals surface area contributed by atoms with Gasteiger partial charge in [-0.05, 0) is 24.6 Å². The molecule has 1 rings (SSSR count). The van der Waals surface area contributed by atoms with Crippen molar-refractivity contribution in [2.75, 3.05) is 20.3 Å². The van der Waals surface area contributed by atoms with Crippen LogP contribution in [0.15, 0.2) is 18.2 Å². The zero-order chi connectivity index (χ0) is 14.3. The molecule has 6 heteroatoms. The molecule has 0 unspecified atom stereocenters. The Kier molecular flexibility index (Phi) is 5.95. The molecule has 104 valence electrons. The van der Waals surface area contributed by atoms with E-state index in [0.717, 1.165) is 0 Å². The van der Waals surface area contributed by atoms with E-state index in [9.17, 15) is 14.0 Å². The second-order valence-electron chi connectivity index (χ2n) is 3.71. The van der Waals surface area contributed by atoms with Gasteiger partial charge in [-0.3, -0.25) is 4.79 Å². The summed E-state index contributed by atoms with van der Waals surface area (Å²) in [5, 5.41) is 2.82. The Morgan fingerprint density at radius 2 is 2.11 bits per heavy atom. The van der Waals surface area contributed by atoms with Gasteiger partial charge in [0, 0.05) is 6.54 Å². The van der Waals surface area contributed by atoms with Gasteiger partial charge in [0.25, 0.3) is 0 Å². The standard InChI is InChI=1S/C13H16FNO4/c1-3-19-12(16)8-15-7-9-4-5-10(11(14)6-9)13(17)18-2/h4-6,15H,3,7-8H2,1-2H3. The minimum atomic E-state index is -0.719. The van der Waals surface area contributed by atoms with Crippen LogP contribution in [0, 0.1) is 5.82 Å². The summed E-state index contributed by atoms with van der Waals surface area (Å²) in [6, 6.07) is 4.17. The van der Waals surface area contributed by atoms with Gasteiger partial charge in [-0.15, -0.1) is 0 Å². The molecule has 0 aliphatic carbocycles. The van der Waals surface area contributed by atoms with E-state index in [4.69, 9.17) is 4.74 Å². The second-order valence-corrected chi connectivity index (χ2v) is 3.71. The average molecular weight is 269 g/mol. The molecule has 0 atom stereocenters. The zero-order valence-corrected chi connectivity index (χ0v) is 10.9. The van der Waals surface area contributed by atoms with Crippen LogP contribution in [0.2, 0.25) is 0 Å². The summed E-state index contributed by atoms with van der Waals surface area (Å²) < 4.78 is 22.7. The molecule has 0 heterocycles. The topological polar surface area (TPSA) is 64.6 Å². The first-order valence-corrected chi connectivity index (χ1v) is 5.81. The molecule has 0 saturated heterocycles. The molecule has 0 aromatic heterocycles. The third kappa shape index (κ3) is 4.67. The van der Waals surface area contributed by atoms with Crippen LogP contribution in [-0.4, -0.2) is 32.2 Å². The lowest BCUT2D eigenvalue weighted by Gasteiger charge is -2.06. The maximum atomic E-state index is 13.6. The number of ether oxygens (including phenoxy) is 2. The highest BCUT2D eigenvalue weighted by atomic mass is 19.1. The van der Waals surface area contributed by atoms with E-state index in [2.05, 4.69) is 10.1 Å². The molecule has 0 bridgehead atoms. The van der Waals surface area contributed by atoms with Gasteiger partial charge < -0.3 is 14.8 Å². The van der Waals surface area contributed by atoms with E-state index in [1.165, 1.54) is 19.2 Å². The normalized spacial score (nSPS) is 10.1. The van der Waals surface area contributed by atoms with Crippen LogP contribution in [0.5, 0.6) is 0 Å². The number of carbonyl (C=O) groups is 2. The minimum Gasteiger partial charge on any atom is -0.465 e. The first-order chi connectivity index (χ1) is 9.08. The van der Waals surface area contributed by atoms with Crippen LogP contribution in [-0.2, 0) is 20.8 Å². The number of carbonyl (C=O) groups excluding carboxylic acids is 2. The number of halogens is 1. The van der Waals surface area contributed by atoms with Crippen molar-refractivity contribution >= 4 is 11.9 Å². The number of benzene rings is 1. The van der Waals surface area contributed by atoms with Crippen LogP contribution >= 0.6 is 0 Å². The molecule has 0 radical (unpaired) electrons. The second kappa shape index (κ2) is 7.48. The molecular formula is C13H16FNO4. The van der Waals surface area contributed by atoms with Gasteiger partial charge in [0.15, 0.2) is 0 Å². The molecule has 0 saturated carbocycles. The fourth-order valence-electron chi connectivity index (χ4n) is 1.46. The molecule has 0 aliphatic rings. The Bertz CT molecular complexity index is 462. The highest BCUT2D eigenvalue weighted by Crippen LogP contribution is 2.11. The third-order valence-corrected chi connectivity index (χ3v) is 2.34. The molecule has 0 amide bonds. The average Bonchev–Trinajstić information content (AvgIpc) is 2.38. The Hall–Kier alpha value is -1.95. The van der Waals surface area contributed by atoms with Crippen molar-refractivity contribution in [2.24, 2.45) is 0 Å². The molecule has 1 N–H and O–H groups in total. The predicted octanol–water partition coefficient (Wildman–Crippen LogP) is 1.26. The number of methoxy groups -OCH3 is 1. The lowest BCUT2D eigenvalue weighted by Crippen LogP contribution is -2.24. The Morgan fingerprint density at radius 1 is 1.37 bits per heavy atom. The molecule has 0 fully saturated rings. The SMILES string of the molecule is CCOC(=O)CNCc1ccc(C(=O)OC)c(F)c1. The first-order valence-electron chi connectivity index (χ1n) is 5.81. The number of rotatable bonds is 6. The number of hydrogen-bond donors (Lipinski definition) is 1. The monoisotopic (exact) mass is 269 g/mol. The van der Waals surface area contributed by atoms with E-state index >= 15 is 0 Å². The van der Waals surface area contributed by atoms with Gasteiger partial charge in [0.05, 0.1) is 25.8 Å². The summed E-state index contributed by atoms with van der Waals surface area (Å²) >= 11 is 0. The molecule has 19 heavy (non-hydrogen) atoms. The molecule has 1 aromatic rings. The van der Waals surface area contributed by atoms with Gasteiger partial charge in [-0.2, -0.15) is 0 Å². The number of nitrogens with one attached hydrogen (secondary N) is 1. The van der Waals surface area contributed by atoms with Gasteiger partial charge >= 0.3 is 11.9 Å². The van der Waals surface area contributed by atoms with E-state index in [-0.39, 0.29) is 18.1 Å². The fourth-order valence-corrected chi connectivity index (χ4v) is 1.46. The van der Waals surface area contributed by atoms with Crippen LogP contribution in [0.25, 0.3) is 0 Å². The van der Waals surface area contributed by atoms with Crippen LogP contribution in [0.3, 0.4) is 0 Å². The Morgan fingerprint density at radius 3 is 2.68 bits per heavy atom. The van der Waals surface area contributed by atoms with Crippen molar-refractivity contribution in [1.82, 2.24) is 5.32 Å². The zero-order valence-electron chi connectivity index (χ0n) is 10.9. The van der Waals surface area contributed by atoms with Gasteiger partial charge in [-0.25, -0.2) is 9.18 Å².